The number of fused-ring (bicyclic) bond motifs is 1. The number of aromatic nitrogens is 2. The molecular weight excluding hydrogens is 449 g/mol. The van der Waals surface area contributed by atoms with Gasteiger partial charge in [-0.2, -0.15) is 0 Å². The maximum Gasteiger partial charge on any atom is 0.396 e. The Balaban J connectivity index is 1.58. The third kappa shape index (κ3) is 5.52. The summed E-state index contributed by atoms with van der Waals surface area (Å²) in [5.41, 5.74) is 1.000. The first-order valence-electron chi connectivity index (χ1n) is 12.0. The zero-order chi connectivity index (χ0) is 25.0. The van der Waals surface area contributed by atoms with Gasteiger partial charge in [-0.1, -0.05) is 57.5 Å². The van der Waals surface area contributed by atoms with Crippen LogP contribution in [-0.4, -0.2) is 70.4 Å². The molecule has 2 aromatic rings. The molecule has 1 unspecified atom stereocenters. The first kappa shape index (κ1) is 24.8. The van der Waals surface area contributed by atoms with E-state index in [1.807, 2.05) is 55.9 Å². The van der Waals surface area contributed by atoms with E-state index >= 15 is 0 Å². The number of carbonyl (C=O) groups excluding carboxylic acids is 3. The first-order valence-corrected chi connectivity index (χ1v) is 12.0. The van der Waals surface area contributed by atoms with E-state index in [9.17, 15) is 14.4 Å². The number of rotatable bonds is 9. The van der Waals surface area contributed by atoms with Gasteiger partial charge < -0.3 is 24.8 Å². The summed E-state index contributed by atoms with van der Waals surface area (Å²) >= 11 is 0. The van der Waals surface area contributed by atoms with Gasteiger partial charge in [0.15, 0.2) is 0 Å². The van der Waals surface area contributed by atoms with Crippen molar-refractivity contribution in [3.8, 4) is 0 Å². The van der Waals surface area contributed by atoms with Gasteiger partial charge in [0.25, 0.3) is 11.9 Å². The monoisotopic (exact) mass is 480 g/mol. The number of carbonyl (C=O) groups is 3. The lowest BCUT2D eigenvalue weighted by Gasteiger charge is -2.44. The van der Waals surface area contributed by atoms with Crippen molar-refractivity contribution in [2.75, 3.05) is 13.2 Å². The quantitative estimate of drug-likeness (QED) is 0.512. The molecule has 35 heavy (non-hydrogen) atoms. The van der Waals surface area contributed by atoms with Crippen molar-refractivity contribution in [2.45, 2.75) is 51.6 Å². The van der Waals surface area contributed by atoms with Crippen LogP contribution in [0.25, 0.3) is 0 Å². The van der Waals surface area contributed by atoms with E-state index in [0.29, 0.717) is 13.0 Å². The van der Waals surface area contributed by atoms with Crippen LogP contribution in [0.5, 0.6) is 0 Å². The van der Waals surface area contributed by atoms with Gasteiger partial charge in [0.05, 0.1) is 12.7 Å². The fourth-order valence-electron chi connectivity index (χ4n) is 4.85. The Morgan fingerprint density at radius 3 is 2.66 bits per heavy atom. The number of nitrogens with one attached hydrogen (secondary N) is 2. The highest BCUT2D eigenvalue weighted by atomic mass is 16.7. The van der Waals surface area contributed by atoms with Crippen molar-refractivity contribution in [1.82, 2.24) is 25.4 Å². The zero-order valence-electron chi connectivity index (χ0n) is 20.2. The molecule has 2 fully saturated rings. The Kier molecular flexibility index (Phi) is 7.46. The average Bonchev–Trinajstić information content (AvgIpc) is 3.34. The fourth-order valence-corrected chi connectivity index (χ4v) is 4.85. The maximum atomic E-state index is 13.6. The Hall–Kier alpha value is -3.31. The SMILES string of the molecule is CC(C)C[C@H](NC(=O)[C@H](Cc1ccccc1)NC(=O)c1cnccn1)[B-]12OC[C@@H](C)N1CC(=O)O2. The summed E-state index contributed by atoms with van der Waals surface area (Å²) in [7, 11) is 0. The minimum absolute atomic E-state index is 0.00973. The minimum Gasteiger partial charge on any atom is -0.651 e. The Bertz CT molecular complexity index is 1060. The zero-order valence-corrected chi connectivity index (χ0v) is 20.2. The molecule has 0 spiro atoms. The molecule has 186 valence electrons. The van der Waals surface area contributed by atoms with E-state index in [0.717, 1.165) is 5.56 Å². The third-order valence-electron chi connectivity index (χ3n) is 6.48. The molecule has 2 saturated heterocycles. The van der Waals surface area contributed by atoms with E-state index in [1.54, 1.807) is 0 Å². The van der Waals surface area contributed by atoms with Crippen molar-refractivity contribution < 1.29 is 23.7 Å². The molecular formula is C24H31BN5O5-. The predicted octanol–water partition coefficient (Wildman–Crippen LogP) is 1.10. The summed E-state index contributed by atoms with van der Waals surface area (Å²) in [5, 5.41) is 5.86. The Morgan fingerprint density at radius 1 is 1.20 bits per heavy atom. The normalized spacial score (nSPS) is 23.4. The van der Waals surface area contributed by atoms with Crippen molar-refractivity contribution in [3.63, 3.8) is 0 Å². The molecule has 4 atom stereocenters. The Labute approximate surface area is 204 Å². The molecule has 2 amide bonds. The molecule has 4 rings (SSSR count). The van der Waals surface area contributed by atoms with Gasteiger partial charge >= 0.3 is 6.69 Å². The molecule has 2 aliphatic heterocycles. The minimum atomic E-state index is -2.19. The van der Waals surface area contributed by atoms with Crippen molar-refractivity contribution in [1.29, 1.82) is 0 Å². The summed E-state index contributed by atoms with van der Waals surface area (Å²) in [6.07, 6.45) is 5.05. The van der Waals surface area contributed by atoms with Crippen molar-refractivity contribution in [3.05, 3.63) is 60.2 Å². The number of amides is 2. The average molecular weight is 480 g/mol. The second-order valence-electron chi connectivity index (χ2n) is 9.62. The Morgan fingerprint density at radius 2 is 1.97 bits per heavy atom. The summed E-state index contributed by atoms with van der Waals surface area (Å²) < 4.78 is 11.8. The van der Waals surface area contributed by atoms with Crippen LogP contribution < -0.4 is 10.6 Å². The largest absolute Gasteiger partial charge is 0.651 e. The van der Waals surface area contributed by atoms with Crippen LogP contribution in [0, 0.1) is 5.92 Å². The van der Waals surface area contributed by atoms with E-state index < -0.39 is 24.6 Å². The lowest BCUT2D eigenvalue weighted by molar-refractivity contribution is -0.133. The van der Waals surface area contributed by atoms with Crippen LogP contribution in [0.4, 0.5) is 0 Å². The van der Waals surface area contributed by atoms with Crippen molar-refractivity contribution in [2.24, 2.45) is 5.92 Å². The number of hydrogen-bond acceptors (Lipinski definition) is 8. The number of nitrogens with zero attached hydrogens (tertiary/aromatic N) is 3. The van der Waals surface area contributed by atoms with E-state index in [-0.39, 0.29) is 42.5 Å². The van der Waals surface area contributed by atoms with E-state index in [4.69, 9.17) is 9.31 Å². The van der Waals surface area contributed by atoms with Crippen LogP contribution in [0.15, 0.2) is 48.9 Å². The molecule has 1 aromatic heterocycles. The highest BCUT2D eigenvalue weighted by molar-refractivity contribution is 6.70. The van der Waals surface area contributed by atoms with E-state index in [1.165, 1.54) is 18.6 Å². The van der Waals surface area contributed by atoms with Gasteiger partial charge in [-0.3, -0.25) is 19.4 Å². The van der Waals surface area contributed by atoms with Crippen LogP contribution in [0.3, 0.4) is 0 Å². The molecule has 2 aliphatic rings. The summed E-state index contributed by atoms with van der Waals surface area (Å²) in [6, 6.07) is 8.53. The molecule has 0 aliphatic carbocycles. The fraction of sp³-hybridized carbons (Fsp3) is 0.458. The van der Waals surface area contributed by atoms with Crippen LogP contribution in [0.2, 0.25) is 0 Å². The molecule has 0 bridgehead atoms. The summed E-state index contributed by atoms with van der Waals surface area (Å²) in [4.78, 5) is 48.6. The standard InChI is InChI=1S/C24H31BN5O5/c1-16(2)11-21(25-30(14-22(31)35-25)17(3)15-34-25)29-23(32)19(12-18-7-5-4-6-8-18)28-24(33)20-13-26-9-10-27-20/h4-10,13,16-17,19,21H,11-12,14-15H2,1-3H3,(H,28,33)(H,29,32)/q-1/t17-,19+,21+,25?/m1/s1. The molecule has 3 heterocycles. The second-order valence-corrected chi connectivity index (χ2v) is 9.62. The molecule has 1 aromatic carbocycles. The number of hydrogen-bond donors (Lipinski definition) is 2. The highest BCUT2D eigenvalue weighted by Gasteiger charge is 2.55. The van der Waals surface area contributed by atoms with Crippen molar-refractivity contribution >= 4 is 24.5 Å². The predicted molar refractivity (Wildman–Crippen MR) is 129 cm³/mol. The molecule has 10 nitrogen and oxygen atoms in total. The molecule has 0 saturated carbocycles. The summed E-state index contributed by atoms with van der Waals surface area (Å²) in [5.74, 6) is -1.63. The maximum absolute atomic E-state index is 13.6. The van der Waals surface area contributed by atoms with Crippen LogP contribution in [0.1, 0.15) is 43.2 Å². The molecule has 2 N–H and O–H groups in total. The molecule has 0 radical (unpaired) electrons. The van der Waals surface area contributed by atoms with Gasteiger partial charge in [0.2, 0.25) is 5.91 Å². The second kappa shape index (κ2) is 10.5. The van der Waals surface area contributed by atoms with Gasteiger partial charge in [-0.05, 0) is 23.5 Å². The highest BCUT2D eigenvalue weighted by Crippen LogP contribution is 2.34. The lowest BCUT2D eigenvalue weighted by atomic mass is 9.59. The van der Waals surface area contributed by atoms with Gasteiger partial charge in [-0.25, -0.2) is 4.98 Å². The lowest BCUT2D eigenvalue weighted by Crippen LogP contribution is -2.66. The molecule has 11 heteroatoms. The third-order valence-corrected chi connectivity index (χ3v) is 6.48. The smallest absolute Gasteiger partial charge is 0.396 e. The van der Waals surface area contributed by atoms with Crippen LogP contribution in [-0.2, 0) is 25.3 Å². The van der Waals surface area contributed by atoms with Gasteiger partial charge in [0.1, 0.15) is 11.7 Å². The van der Waals surface area contributed by atoms with E-state index in [2.05, 4.69) is 20.6 Å². The topological polar surface area (TPSA) is 123 Å². The van der Waals surface area contributed by atoms with Gasteiger partial charge in [-0.15, -0.1) is 0 Å². The summed E-state index contributed by atoms with van der Waals surface area (Å²) in [6.45, 7) is 4.38. The van der Waals surface area contributed by atoms with Gasteiger partial charge in [0, 0.05) is 25.4 Å². The van der Waals surface area contributed by atoms with Crippen LogP contribution >= 0.6 is 0 Å². The first-order chi connectivity index (χ1) is 16.8. The number of benzene rings is 1.